The van der Waals surface area contributed by atoms with Crippen LogP contribution < -0.4 is 5.19 Å². The Kier molecular flexibility index (Phi) is 3.32. The van der Waals surface area contributed by atoms with E-state index in [4.69, 9.17) is 0 Å². The van der Waals surface area contributed by atoms with Gasteiger partial charge in [0.1, 0.15) is 0 Å². The van der Waals surface area contributed by atoms with Gasteiger partial charge in [0.25, 0.3) is 5.31 Å². The minimum atomic E-state index is -1.73. The van der Waals surface area contributed by atoms with Crippen LogP contribution in [-0.4, -0.2) is 5.31 Å². The zero-order chi connectivity index (χ0) is 9.19. The minimum absolute atomic E-state index is 1.17. The zero-order valence-electron chi connectivity index (χ0n) is 6.85. The van der Waals surface area contributed by atoms with Crippen LogP contribution in [0.3, 0.4) is 0 Å². The summed E-state index contributed by atoms with van der Waals surface area (Å²) in [5, 5.41) is 0.752. The summed E-state index contributed by atoms with van der Waals surface area (Å²) in [6.07, 6.45) is 0. The van der Waals surface area contributed by atoms with Crippen molar-refractivity contribution in [3.63, 3.8) is 0 Å². The molecule has 0 bridgehead atoms. The van der Waals surface area contributed by atoms with E-state index in [-0.39, 0.29) is 0 Å². The summed E-state index contributed by atoms with van der Waals surface area (Å²) in [6, 6.07) is 10.3. The van der Waals surface area contributed by atoms with Gasteiger partial charge in [0.05, 0.1) is 0 Å². The van der Waals surface area contributed by atoms with Crippen molar-refractivity contribution in [2.75, 3.05) is 0 Å². The Morgan fingerprint density at radius 1 is 1.25 bits per heavy atom. The van der Waals surface area contributed by atoms with Gasteiger partial charge >= 0.3 is 0 Å². The molecule has 1 rings (SSSR count). The summed E-state index contributed by atoms with van der Waals surface area (Å²) < 4.78 is 0. The summed E-state index contributed by atoms with van der Waals surface area (Å²) in [6.45, 7) is 6.02. The topological polar surface area (TPSA) is 0 Å². The smallest absolute Gasteiger partial charge is 0.102 e. The molecule has 0 aliphatic heterocycles. The van der Waals surface area contributed by atoms with Crippen LogP contribution in [0.25, 0.3) is 0 Å². The molecule has 0 aliphatic carbocycles. The Morgan fingerprint density at radius 2 is 1.75 bits per heavy atom. The monoisotopic (exact) mass is 304 g/mol. The second-order valence-corrected chi connectivity index (χ2v) is 15.6. The molecule has 12 heavy (non-hydrogen) atoms. The van der Waals surface area contributed by atoms with Gasteiger partial charge in [-0.05, 0) is 12.1 Å². The molecule has 1 aromatic rings. The van der Waals surface area contributed by atoms with Gasteiger partial charge in [-0.1, -0.05) is 66.1 Å². The number of benzene rings is 1. The summed E-state index contributed by atoms with van der Waals surface area (Å²) in [5.41, 5.74) is 0. The Balaban J connectivity index is 3.06. The maximum absolute atomic E-state index is 3.97. The number of hydrogen-bond donors (Lipinski definition) is 0. The molecule has 0 saturated carbocycles. The average Bonchev–Trinajstić information content (AvgIpc) is 2.06. The van der Waals surface area contributed by atoms with Crippen LogP contribution in [0.4, 0.5) is 0 Å². The van der Waals surface area contributed by atoms with E-state index in [0.29, 0.717) is 0 Å². The summed E-state index contributed by atoms with van der Waals surface area (Å²) in [5.74, 6) is 0. The molecule has 0 spiro atoms. The molecule has 0 saturated heterocycles. The van der Waals surface area contributed by atoms with Gasteiger partial charge in [-0.2, -0.15) is 0 Å². The fourth-order valence-corrected chi connectivity index (χ4v) is 3.58. The molecular formula is C9H10Br2Si. The number of rotatable bonds is 2. The molecule has 64 valence electrons. The van der Waals surface area contributed by atoms with Crippen LogP contribution in [0.2, 0.25) is 0 Å². The average molecular weight is 306 g/mol. The molecule has 0 aromatic heterocycles. The van der Waals surface area contributed by atoms with E-state index in [2.05, 4.69) is 49.3 Å². The van der Waals surface area contributed by atoms with E-state index in [0.717, 1.165) is 0 Å². The highest BCUT2D eigenvalue weighted by Gasteiger charge is 2.29. The van der Waals surface area contributed by atoms with Crippen molar-refractivity contribution in [3.05, 3.63) is 42.1 Å². The summed E-state index contributed by atoms with van der Waals surface area (Å²) in [4.78, 5) is 0. The van der Waals surface area contributed by atoms with E-state index in [1.807, 2.05) is 25.1 Å². The van der Waals surface area contributed by atoms with Crippen LogP contribution in [-0.2, 0) is 0 Å². The lowest BCUT2D eigenvalue weighted by atomic mass is 10.4. The molecule has 0 nitrogen and oxygen atoms in total. The largest absolute Gasteiger partial charge is 0.255 e. The Bertz CT molecular complexity index is 280. The van der Waals surface area contributed by atoms with E-state index in [1.54, 1.807) is 0 Å². The van der Waals surface area contributed by atoms with Gasteiger partial charge in [-0.3, -0.25) is 0 Å². The lowest BCUT2D eigenvalue weighted by Gasteiger charge is -2.17. The van der Waals surface area contributed by atoms with Crippen molar-refractivity contribution in [3.8, 4) is 0 Å². The molecule has 0 unspecified atom stereocenters. The fraction of sp³-hybridized carbons (Fsp3) is 0.111. The highest BCUT2D eigenvalue weighted by Crippen LogP contribution is 2.26. The lowest BCUT2D eigenvalue weighted by Crippen LogP contribution is -2.36. The molecule has 0 fully saturated rings. The molecule has 0 amide bonds. The second-order valence-electron chi connectivity index (χ2n) is 2.72. The maximum Gasteiger partial charge on any atom is 0.255 e. The van der Waals surface area contributed by atoms with Gasteiger partial charge in [0, 0.05) is 0 Å². The first-order chi connectivity index (χ1) is 5.55. The van der Waals surface area contributed by atoms with Gasteiger partial charge in [-0.15, -0.1) is 6.58 Å². The number of allylic oxidation sites excluding steroid dienone is 1. The van der Waals surface area contributed by atoms with Crippen LogP contribution in [0.15, 0.2) is 42.1 Å². The standard InChI is InChI=1S/C9H10Br2Si/c1-8(2)12(10,11)9-6-4-3-5-7-9/h3-7H,1H2,2H3. The van der Waals surface area contributed by atoms with Crippen molar-refractivity contribution in [1.29, 1.82) is 0 Å². The lowest BCUT2D eigenvalue weighted by molar-refractivity contribution is 1.67. The number of halogens is 2. The predicted molar refractivity (Wildman–Crippen MR) is 64.5 cm³/mol. The quantitative estimate of drug-likeness (QED) is 0.581. The zero-order valence-corrected chi connectivity index (χ0v) is 11.0. The third-order valence-electron chi connectivity index (χ3n) is 1.67. The van der Waals surface area contributed by atoms with Gasteiger partial charge in [-0.25, -0.2) is 0 Å². The molecule has 0 radical (unpaired) electrons. The third kappa shape index (κ3) is 2.09. The third-order valence-corrected chi connectivity index (χ3v) is 10.6. The predicted octanol–water partition coefficient (Wildman–Crippen LogP) is 3.24. The Labute approximate surface area is 89.9 Å². The first-order valence-electron chi connectivity index (χ1n) is 3.64. The van der Waals surface area contributed by atoms with Crippen LogP contribution in [0, 0.1) is 0 Å². The van der Waals surface area contributed by atoms with Crippen LogP contribution in [0.1, 0.15) is 6.92 Å². The normalized spacial score (nSPS) is 11.2. The second kappa shape index (κ2) is 3.90. The molecule has 3 heteroatoms. The molecule has 0 N–H and O–H groups in total. The first-order valence-corrected chi connectivity index (χ1v) is 10.2. The summed E-state index contributed by atoms with van der Waals surface area (Å²) in [7, 11) is 0. The number of hydrogen-bond acceptors (Lipinski definition) is 0. The van der Waals surface area contributed by atoms with Crippen molar-refractivity contribution < 1.29 is 0 Å². The minimum Gasteiger partial charge on any atom is -0.102 e. The van der Waals surface area contributed by atoms with Crippen molar-refractivity contribution in [2.24, 2.45) is 0 Å². The van der Waals surface area contributed by atoms with Crippen LogP contribution >= 0.6 is 30.6 Å². The molecule has 0 heterocycles. The van der Waals surface area contributed by atoms with Crippen molar-refractivity contribution in [1.82, 2.24) is 0 Å². The van der Waals surface area contributed by atoms with E-state index >= 15 is 0 Å². The molecular weight excluding hydrogens is 296 g/mol. The molecule has 0 aliphatic rings. The molecule has 0 atom stereocenters. The summed E-state index contributed by atoms with van der Waals surface area (Å²) >= 11 is 7.42. The van der Waals surface area contributed by atoms with Gasteiger partial charge in [0.15, 0.2) is 0 Å². The van der Waals surface area contributed by atoms with E-state index in [1.165, 1.54) is 10.4 Å². The van der Waals surface area contributed by atoms with E-state index in [9.17, 15) is 0 Å². The maximum atomic E-state index is 3.97. The SMILES string of the molecule is C=C(C)[Si](Br)(Br)c1ccccc1. The Hall–Kier alpha value is 0.137. The Morgan fingerprint density at radius 3 is 2.17 bits per heavy atom. The van der Waals surface area contributed by atoms with Gasteiger partial charge in [0.2, 0.25) is 0 Å². The van der Waals surface area contributed by atoms with Crippen molar-refractivity contribution in [2.45, 2.75) is 6.92 Å². The molecule has 1 aromatic carbocycles. The van der Waals surface area contributed by atoms with Crippen molar-refractivity contribution >= 4 is 41.1 Å². The fourth-order valence-electron chi connectivity index (χ4n) is 0.894. The first kappa shape index (κ1) is 10.2. The highest BCUT2D eigenvalue weighted by molar-refractivity contribution is 9.52. The van der Waals surface area contributed by atoms with Crippen LogP contribution in [0.5, 0.6) is 0 Å². The highest BCUT2D eigenvalue weighted by atomic mass is 79.9. The van der Waals surface area contributed by atoms with Gasteiger partial charge < -0.3 is 0 Å². The van der Waals surface area contributed by atoms with E-state index < -0.39 is 5.31 Å².